The van der Waals surface area contributed by atoms with Crippen molar-refractivity contribution in [2.24, 2.45) is 11.8 Å². The number of hydrogen-bond donors (Lipinski definition) is 3. The third kappa shape index (κ3) is 3.14. The first-order valence-corrected chi connectivity index (χ1v) is 10.5. The third-order valence-electron chi connectivity index (χ3n) is 6.50. The fourth-order valence-electron chi connectivity index (χ4n) is 5.11. The summed E-state index contributed by atoms with van der Waals surface area (Å²) < 4.78 is 5.20. The maximum Gasteiger partial charge on any atom is 0.325 e. The lowest BCUT2D eigenvalue weighted by Gasteiger charge is -2.32. The number of carbonyl (C=O) groups is 3. The molecule has 4 rings (SSSR count). The predicted molar refractivity (Wildman–Crippen MR) is 115 cm³/mol. The van der Waals surface area contributed by atoms with E-state index in [0.29, 0.717) is 5.56 Å². The zero-order valence-corrected chi connectivity index (χ0v) is 18.1. The van der Waals surface area contributed by atoms with Crippen LogP contribution in [0.15, 0.2) is 48.5 Å². The van der Waals surface area contributed by atoms with Crippen LogP contribution in [0.2, 0.25) is 0 Å². The van der Waals surface area contributed by atoms with Gasteiger partial charge in [-0.2, -0.15) is 0 Å². The van der Waals surface area contributed by atoms with Crippen molar-refractivity contribution >= 4 is 17.8 Å². The molecule has 2 aromatic carbocycles. The summed E-state index contributed by atoms with van der Waals surface area (Å²) in [5.74, 6) is -4.23. The van der Waals surface area contributed by atoms with Gasteiger partial charge in [0.1, 0.15) is 5.54 Å². The summed E-state index contributed by atoms with van der Waals surface area (Å²) in [7, 11) is 1.41. The van der Waals surface area contributed by atoms with E-state index in [1.807, 2.05) is 6.07 Å². The summed E-state index contributed by atoms with van der Waals surface area (Å²) in [5.41, 5.74) is -0.676. The van der Waals surface area contributed by atoms with Crippen molar-refractivity contribution in [2.75, 3.05) is 7.11 Å². The van der Waals surface area contributed by atoms with Crippen LogP contribution in [-0.4, -0.2) is 51.6 Å². The average molecular weight is 438 g/mol. The number of para-hydroxylation sites is 1. The number of likely N-dealkylation sites (tertiary alicyclic amines) is 1. The second-order valence-corrected chi connectivity index (χ2v) is 8.60. The van der Waals surface area contributed by atoms with Crippen molar-refractivity contribution in [3.63, 3.8) is 0 Å². The number of hydrogen-bond acceptors (Lipinski definition) is 6. The van der Waals surface area contributed by atoms with E-state index in [1.165, 1.54) is 7.11 Å². The fraction of sp³-hybridized carbons (Fsp3) is 0.375. The molecule has 168 valence electrons. The topological polar surface area (TPSA) is 116 Å². The molecule has 8 heteroatoms. The molecule has 2 heterocycles. The zero-order valence-electron chi connectivity index (χ0n) is 18.1. The Kier molecular flexibility index (Phi) is 5.42. The van der Waals surface area contributed by atoms with E-state index in [4.69, 9.17) is 4.74 Å². The van der Waals surface area contributed by atoms with Crippen molar-refractivity contribution < 1.29 is 29.3 Å². The number of aliphatic carboxylic acids is 1. The van der Waals surface area contributed by atoms with Crippen molar-refractivity contribution in [3.8, 4) is 11.5 Å². The molecule has 2 aromatic rings. The molecule has 0 radical (unpaired) electrons. The Labute approximate surface area is 185 Å². The number of carboxylic acid groups (broad SMARTS) is 1. The quantitative estimate of drug-likeness (QED) is 0.592. The largest absolute Gasteiger partial charge is 0.504 e. The van der Waals surface area contributed by atoms with Crippen LogP contribution in [0.5, 0.6) is 11.5 Å². The normalized spacial score (nSPS) is 27.1. The van der Waals surface area contributed by atoms with Gasteiger partial charge in [0, 0.05) is 24.1 Å². The van der Waals surface area contributed by atoms with E-state index >= 15 is 0 Å². The van der Waals surface area contributed by atoms with Crippen LogP contribution < -0.4 is 10.1 Å². The SMILES string of the molecule is COc1cccc([C@@H]2N[C@@](Cc3ccccc3)(C(=O)O)[C@@H]3C(=O)N(C(C)C)C(=O)[C@@H]32)c1O. The molecule has 2 aliphatic rings. The van der Waals surface area contributed by atoms with Crippen molar-refractivity contribution in [1.29, 1.82) is 0 Å². The van der Waals surface area contributed by atoms with Gasteiger partial charge in [-0.15, -0.1) is 0 Å². The number of ether oxygens (including phenoxy) is 1. The van der Waals surface area contributed by atoms with Crippen molar-refractivity contribution in [2.45, 2.75) is 37.9 Å². The molecule has 8 nitrogen and oxygen atoms in total. The number of amides is 2. The van der Waals surface area contributed by atoms with Crippen LogP contribution in [0, 0.1) is 11.8 Å². The molecular formula is C24H26N2O6. The Hall–Kier alpha value is -3.39. The number of benzene rings is 2. The van der Waals surface area contributed by atoms with Crippen LogP contribution in [0.25, 0.3) is 0 Å². The highest BCUT2D eigenvalue weighted by Gasteiger charge is 2.68. The molecule has 4 atom stereocenters. The van der Waals surface area contributed by atoms with Gasteiger partial charge in [-0.05, 0) is 25.5 Å². The van der Waals surface area contributed by atoms with Gasteiger partial charge in [-0.25, -0.2) is 0 Å². The minimum Gasteiger partial charge on any atom is -0.504 e. The number of fused-ring (bicyclic) bond motifs is 1. The first-order chi connectivity index (χ1) is 15.2. The molecule has 0 aliphatic carbocycles. The number of carboxylic acids is 1. The Morgan fingerprint density at radius 2 is 1.81 bits per heavy atom. The highest BCUT2D eigenvalue weighted by atomic mass is 16.5. The van der Waals surface area contributed by atoms with Crippen LogP contribution in [0.1, 0.15) is 31.0 Å². The molecule has 0 spiro atoms. The molecular weight excluding hydrogens is 412 g/mol. The zero-order chi connectivity index (χ0) is 23.2. The van der Waals surface area contributed by atoms with E-state index < -0.39 is 47.2 Å². The maximum absolute atomic E-state index is 13.4. The van der Waals surface area contributed by atoms with E-state index in [2.05, 4.69) is 5.32 Å². The molecule has 0 aromatic heterocycles. The van der Waals surface area contributed by atoms with E-state index in [1.54, 1.807) is 56.3 Å². The van der Waals surface area contributed by atoms with Gasteiger partial charge in [-0.3, -0.25) is 24.6 Å². The third-order valence-corrected chi connectivity index (χ3v) is 6.50. The second kappa shape index (κ2) is 7.94. The van der Waals surface area contributed by atoms with E-state index in [-0.39, 0.29) is 17.9 Å². The molecule has 2 saturated heterocycles. The van der Waals surface area contributed by atoms with Gasteiger partial charge in [0.05, 0.1) is 18.9 Å². The van der Waals surface area contributed by atoms with Crippen LogP contribution in [0.4, 0.5) is 0 Å². The van der Waals surface area contributed by atoms with Gasteiger partial charge >= 0.3 is 5.97 Å². The molecule has 0 bridgehead atoms. The molecule has 0 unspecified atom stereocenters. The maximum atomic E-state index is 13.4. The minimum atomic E-state index is -1.72. The number of phenols is 1. The lowest BCUT2D eigenvalue weighted by atomic mass is 9.76. The van der Waals surface area contributed by atoms with Crippen LogP contribution in [0.3, 0.4) is 0 Å². The summed E-state index contributed by atoms with van der Waals surface area (Å²) in [4.78, 5) is 40.8. The molecule has 3 N–H and O–H groups in total. The standard InChI is InChI=1S/C24H26N2O6/c1-13(2)26-21(28)17-18(22(26)29)24(23(30)31,12-14-8-5-4-6-9-14)25-19(17)15-10-7-11-16(32-3)20(15)27/h4-11,13,17-19,25,27H,12H2,1-3H3,(H,30,31)/t17-,18-,19-,24+/m0/s1. The molecule has 2 fully saturated rings. The number of phenolic OH excluding ortho intramolecular Hbond substituents is 1. The summed E-state index contributed by atoms with van der Waals surface area (Å²) in [5, 5.41) is 24.3. The van der Waals surface area contributed by atoms with E-state index in [0.717, 1.165) is 10.5 Å². The van der Waals surface area contributed by atoms with Crippen molar-refractivity contribution in [3.05, 3.63) is 59.7 Å². The number of carbonyl (C=O) groups excluding carboxylic acids is 2. The van der Waals surface area contributed by atoms with Gasteiger partial charge in [0.15, 0.2) is 11.5 Å². The average Bonchev–Trinajstić information content (AvgIpc) is 3.23. The molecule has 0 saturated carbocycles. The molecule has 2 amide bonds. The van der Waals surface area contributed by atoms with Gasteiger partial charge in [-0.1, -0.05) is 42.5 Å². The number of aromatic hydroxyl groups is 1. The molecule has 32 heavy (non-hydrogen) atoms. The number of imide groups is 1. The lowest BCUT2D eigenvalue weighted by molar-refractivity contribution is -0.152. The first kappa shape index (κ1) is 21.8. The Balaban J connectivity index is 1.90. The number of methoxy groups -OCH3 is 1. The predicted octanol–water partition coefficient (Wildman–Crippen LogP) is 2.12. The second-order valence-electron chi connectivity index (χ2n) is 8.60. The summed E-state index contributed by atoms with van der Waals surface area (Å²) in [6, 6.07) is 12.5. The van der Waals surface area contributed by atoms with Crippen LogP contribution >= 0.6 is 0 Å². The summed E-state index contributed by atoms with van der Waals surface area (Å²) >= 11 is 0. The van der Waals surface area contributed by atoms with E-state index in [9.17, 15) is 24.6 Å². The number of nitrogens with zero attached hydrogens (tertiary/aromatic N) is 1. The number of rotatable bonds is 6. The van der Waals surface area contributed by atoms with Gasteiger partial charge < -0.3 is 14.9 Å². The van der Waals surface area contributed by atoms with Crippen LogP contribution in [-0.2, 0) is 20.8 Å². The molecule has 2 aliphatic heterocycles. The van der Waals surface area contributed by atoms with Crippen molar-refractivity contribution in [1.82, 2.24) is 10.2 Å². The van der Waals surface area contributed by atoms with Gasteiger partial charge in [0.2, 0.25) is 11.8 Å². The lowest BCUT2D eigenvalue weighted by Crippen LogP contribution is -2.57. The van der Waals surface area contributed by atoms with Gasteiger partial charge in [0.25, 0.3) is 0 Å². The summed E-state index contributed by atoms with van der Waals surface area (Å²) in [6.45, 7) is 3.45. The summed E-state index contributed by atoms with van der Waals surface area (Å²) in [6.07, 6.45) is 0.0104. The Morgan fingerprint density at radius 3 is 2.41 bits per heavy atom. The Bertz CT molecular complexity index is 1070. The smallest absolute Gasteiger partial charge is 0.325 e. The first-order valence-electron chi connectivity index (χ1n) is 10.5. The minimum absolute atomic E-state index is 0.0104. The number of nitrogens with one attached hydrogen (secondary N) is 1. The highest BCUT2D eigenvalue weighted by molar-refractivity contribution is 6.09. The monoisotopic (exact) mass is 438 g/mol. The highest BCUT2D eigenvalue weighted by Crippen LogP contribution is 2.52. The fourth-order valence-corrected chi connectivity index (χ4v) is 5.11. The Morgan fingerprint density at radius 1 is 1.12 bits per heavy atom.